The molecular weight excluding hydrogens is 423 g/mol. The van der Waals surface area contributed by atoms with Crippen molar-refractivity contribution in [3.63, 3.8) is 0 Å². The molecule has 4 heterocycles. The van der Waals surface area contributed by atoms with E-state index in [4.69, 9.17) is 10.6 Å². The molecule has 0 aromatic rings. The first-order chi connectivity index (χ1) is 16.1. The molecule has 9 heteroatoms. The number of rotatable bonds is 6. The number of amides is 1. The Morgan fingerprint density at radius 1 is 1.03 bits per heavy atom. The number of nitrogens with one attached hydrogen (secondary N) is 3. The molecule has 5 N–H and O–H groups in total. The largest absolute Gasteiger partial charge is 0.369 e. The highest BCUT2D eigenvalue weighted by atomic mass is 19.1. The highest BCUT2D eigenvalue weighted by Crippen LogP contribution is 2.32. The molecule has 1 saturated carbocycles. The van der Waals surface area contributed by atoms with Crippen LogP contribution in [0.15, 0.2) is 0 Å². The molecule has 5 fully saturated rings. The van der Waals surface area contributed by atoms with Crippen LogP contribution in [0.1, 0.15) is 64.2 Å². The third kappa shape index (κ3) is 5.54. The quantitative estimate of drug-likeness (QED) is 0.468. The number of hydrogen-bond acceptors (Lipinski definition) is 7. The molecule has 188 valence electrons. The third-order valence-corrected chi connectivity index (χ3v) is 8.98. The van der Waals surface area contributed by atoms with E-state index in [-0.39, 0.29) is 30.1 Å². The molecule has 0 aromatic carbocycles. The minimum atomic E-state index is -0.636. The molecule has 33 heavy (non-hydrogen) atoms. The lowest BCUT2D eigenvalue weighted by Crippen LogP contribution is -2.57. The topological polar surface area (TPSA) is 94.9 Å². The van der Waals surface area contributed by atoms with Crippen molar-refractivity contribution in [2.45, 2.75) is 95.0 Å². The van der Waals surface area contributed by atoms with Crippen LogP contribution in [0, 0.1) is 17.8 Å². The van der Waals surface area contributed by atoms with E-state index in [1.807, 2.05) is 0 Å². The van der Waals surface area contributed by atoms with Gasteiger partial charge in [-0.25, -0.2) is 4.39 Å². The normalized spacial score (nSPS) is 42.0. The Kier molecular flexibility index (Phi) is 7.84. The van der Waals surface area contributed by atoms with E-state index in [1.165, 1.54) is 6.42 Å². The summed E-state index contributed by atoms with van der Waals surface area (Å²) in [6.07, 6.45) is 9.96. The number of halogens is 1. The van der Waals surface area contributed by atoms with Crippen molar-refractivity contribution in [2.24, 2.45) is 23.5 Å². The van der Waals surface area contributed by atoms with E-state index in [9.17, 15) is 9.18 Å². The predicted molar refractivity (Wildman–Crippen MR) is 124 cm³/mol. The zero-order valence-electron chi connectivity index (χ0n) is 19.9. The van der Waals surface area contributed by atoms with Crippen molar-refractivity contribution in [2.75, 3.05) is 32.7 Å². The Morgan fingerprint density at radius 2 is 1.85 bits per heavy atom. The van der Waals surface area contributed by atoms with E-state index in [1.54, 1.807) is 0 Å². The summed E-state index contributed by atoms with van der Waals surface area (Å²) in [5.41, 5.74) is 8.82. The van der Waals surface area contributed by atoms with Crippen LogP contribution < -0.4 is 21.8 Å². The number of nitrogens with two attached hydrogens (primary N) is 1. The second kappa shape index (κ2) is 10.8. The zero-order valence-corrected chi connectivity index (χ0v) is 19.9. The smallest absolute Gasteiger partial charge is 0.220 e. The molecule has 5 rings (SSSR count). The number of carbonyl (C=O) groups is 1. The summed E-state index contributed by atoms with van der Waals surface area (Å²) in [5, 5.41) is 7.43. The van der Waals surface area contributed by atoms with Gasteiger partial charge in [0.1, 0.15) is 12.4 Å². The van der Waals surface area contributed by atoms with E-state index in [0.29, 0.717) is 18.1 Å². The van der Waals surface area contributed by atoms with Crippen molar-refractivity contribution in [3.05, 3.63) is 0 Å². The third-order valence-electron chi connectivity index (χ3n) is 8.98. The van der Waals surface area contributed by atoms with Crippen LogP contribution in [-0.4, -0.2) is 79.2 Å². The molecule has 0 aromatic heterocycles. The van der Waals surface area contributed by atoms with Gasteiger partial charge in [-0.2, -0.15) is 5.48 Å². The van der Waals surface area contributed by atoms with Crippen molar-refractivity contribution in [1.82, 2.24) is 25.9 Å². The average Bonchev–Trinajstić information content (AvgIpc) is 3.50. The van der Waals surface area contributed by atoms with Gasteiger partial charge in [0.25, 0.3) is 0 Å². The number of piperidine rings is 2. The zero-order chi connectivity index (χ0) is 22.8. The number of likely N-dealkylation sites (tertiary alicyclic amines) is 2. The van der Waals surface area contributed by atoms with Gasteiger partial charge < -0.3 is 11.1 Å². The molecule has 1 amide bonds. The maximum atomic E-state index is 14.4. The van der Waals surface area contributed by atoms with Gasteiger partial charge >= 0.3 is 0 Å². The maximum absolute atomic E-state index is 14.4. The van der Waals surface area contributed by atoms with E-state index in [0.717, 1.165) is 90.5 Å². The molecule has 0 spiro atoms. The Hall–Kier alpha value is -0.840. The lowest BCUT2D eigenvalue weighted by atomic mass is 9.87. The molecule has 7 atom stereocenters. The van der Waals surface area contributed by atoms with E-state index >= 15 is 0 Å². The number of hydroxylamine groups is 1. The lowest BCUT2D eigenvalue weighted by Gasteiger charge is -2.42. The van der Waals surface area contributed by atoms with Crippen LogP contribution >= 0.6 is 0 Å². The summed E-state index contributed by atoms with van der Waals surface area (Å²) in [6.45, 7) is 4.77. The fraction of sp³-hybridized carbons (Fsp3) is 0.958. The Bertz CT molecular complexity index is 663. The van der Waals surface area contributed by atoms with Gasteiger partial charge in [0, 0.05) is 31.5 Å². The average molecular weight is 467 g/mol. The number of hydrogen-bond donors (Lipinski definition) is 4. The predicted octanol–water partition coefficient (Wildman–Crippen LogP) is 1.28. The lowest BCUT2D eigenvalue weighted by molar-refractivity contribution is -0.123. The van der Waals surface area contributed by atoms with Crippen LogP contribution in [-0.2, 0) is 9.63 Å². The number of nitrogens with zero attached hydrogens (tertiary/aromatic N) is 2. The first-order valence-electron chi connectivity index (χ1n) is 13.4. The van der Waals surface area contributed by atoms with Crippen molar-refractivity contribution >= 4 is 5.91 Å². The van der Waals surface area contributed by atoms with Gasteiger partial charge in [0.15, 0.2) is 0 Å². The molecule has 0 bridgehead atoms. The van der Waals surface area contributed by atoms with Crippen LogP contribution in [0.25, 0.3) is 0 Å². The Labute approximate surface area is 197 Å². The monoisotopic (exact) mass is 466 g/mol. The first kappa shape index (κ1) is 23.9. The molecule has 0 radical (unpaired) electrons. The Morgan fingerprint density at radius 3 is 2.64 bits per heavy atom. The fourth-order valence-electron chi connectivity index (χ4n) is 6.90. The minimum Gasteiger partial charge on any atom is -0.369 e. The Balaban J connectivity index is 1.12. The van der Waals surface area contributed by atoms with Crippen LogP contribution in [0.5, 0.6) is 0 Å². The number of alkyl halides is 1. The van der Waals surface area contributed by atoms with Crippen molar-refractivity contribution in [3.8, 4) is 0 Å². The maximum Gasteiger partial charge on any atom is 0.220 e. The van der Waals surface area contributed by atoms with E-state index < -0.39 is 6.17 Å². The van der Waals surface area contributed by atoms with Gasteiger partial charge in [0.05, 0.1) is 18.4 Å². The SMILES string of the molecule is NC(=O)C1CCN(C2CC(C3NOC(C4CCCN4CC4CCCCC4F)N3)CCN2)CC1. The summed E-state index contributed by atoms with van der Waals surface area (Å²) in [7, 11) is 0. The summed E-state index contributed by atoms with van der Waals surface area (Å²) >= 11 is 0. The van der Waals surface area contributed by atoms with Crippen LogP contribution in [0.2, 0.25) is 0 Å². The number of primary amides is 1. The van der Waals surface area contributed by atoms with Gasteiger partial charge in [-0.3, -0.25) is 24.7 Å². The second-order valence-corrected chi connectivity index (χ2v) is 11.0. The number of carbonyl (C=O) groups excluding carboxylic acids is 1. The molecule has 1 aliphatic carbocycles. The summed E-state index contributed by atoms with van der Waals surface area (Å²) in [5.74, 6) is 0.550. The molecule has 5 aliphatic rings. The van der Waals surface area contributed by atoms with Crippen molar-refractivity contribution in [1.29, 1.82) is 0 Å². The molecule has 4 saturated heterocycles. The van der Waals surface area contributed by atoms with Crippen LogP contribution in [0.4, 0.5) is 4.39 Å². The second-order valence-electron chi connectivity index (χ2n) is 11.0. The summed E-state index contributed by atoms with van der Waals surface area (Å²) in [4.78, 5) is 22.5. The van der Waals surface area contributed by atoms with Crippen molar-refractivity contribution < 1.29 is 14.0 Å². The van der Waals surface area contributed by atoms with Gasteiger partial charge in [-0.15, -0.1) is 0 Å². The highest BCUT2D eigenvalue weighted by Gasteiger charge is 2.42. The standard InChI is InChI=1S/C24H43FN6O2/c25-19-5-2-1-4-18(19)15-31-11-3-6-20(31)24-28-23(29-33-24)17-7-10-27-21(14-17)30-12-8-16(9-13-30)22(26)32/h16-21,23-24,27-29H,1-15H2,(H2,26,32). The molecular formula is C24H43FN6O2. The minimum absolute atomic E-state index is 0.0289. The van der Waals surface area contributed by atoms with E-state index in [2.05, 4.69) is 25.9 Å². The molecule has 7 unspecified atom stereocenters. The van der Waals surface area contributed by atoms with Crippen LogP contribution in [0.3, 0.4) is 0 Å². The fourth-order valence-corrected chi connectivity index (χ4v) is 6.90. The summed E-state index contributed by atoms with van der Waals surface area (Å²) < 4.78 is 14.4. The van der Waals surface area contributed by atoms with Gasteiger partial charge in [-0.05, 0) is 70.4 Å². The van der Waals surface area contributed by atoms with Gasteiger partial charge in [-0.1, -0.05) is 12.8 Å². The van der Waals surface area contributed by atoms with Gasteiger partial charge in [0.2, 0.25) is 5.91 Å². The molecule has 8 nitrogen and oxygen atoms in total. The highest BCUT2D eigenvalue weighted by molar-refractivity contribution is 5.76. The molecule has 4 aliphatic heterocycles. The first-order valence-corrected chi connectivity index (χ1v) is 13.4. The summed E-state index contributed by atoms with van der Waals surface area (Å²) in [6, 6.07) is 0.321.